The Bertz CT molecular complexity index is 1060. The summed E-state index contributed by atoms with van der Waals surface area (Å²) in [6, 6.07) is 18.8. The van der Waals surface area contributed by atoms with E-state index in [4.69, 9.17) is 0 Å². The zero-order valence-corrected chi connectivity index (χ0v) is 17.7. The highest BCUT2D eigenvalue weighted by Gasteiger charge is 2.17. The van der Waals surface area contributed by atoms with E-state index in [9.17, 15) is 0 Å². The van der Waals surface area contributed by atoms with Gasteiger partial charge in [0.25, 0.3) is 0 Å². The molecule has 0 fully saturated rings. The van der Waals surface area contributed by atoms with Crippen molar-refractivity contribution in [1.82, 2.24) is 14.5 Å². The van der Waals surface area contributed by atoms with Crippen molar-refractivity contribution in [3.63, 3.8) is 0 Å². The number of fused-ring (bicyclic) bond motifs is 1. The van der Waals surface area contributed by atoms with Crippen molar-refractivity contribution in [2.45, 2.75) is 18.9 Å². The van der Waals surface area contributed by atoms with Gasteiger partial charge in [0.1, 0.15) is 17.0 Å². The molecule has 0 saturated heterocycles. The minimum absolute atomic E-state index is 0.605. The Kier molecular flexibility index (Phi) is 5.32. The quantitative estimate of drug-likeness (QED) is 0.260. The molecule has 2 aromatic heterocycles. The molecule has 0 aliphatic rings. The number of hydrogen-bond donors (Lipinski definition) is 0. The normalized spacial score (nSPS) is 11.4. The summed E-state index contributed by atoms with van der Waals surface area (Å²) in [6.45, 7) is 4.47. The lowest BCUT2D eigenvalue weighted by Crippen LogP contribution is -1.96. The Morgan fingerprint density at radius 1 is 1.00 bits per heavy atom. The third-order valence-corrected chi connectivity index (χ3v) is 6.24. The summed E-state index contributed by atoms with van der Waals surface area (Å²) in [5, 5.41) is 2.17. The lowest BCUT2D eigenvalue weighted by atomic mass is 10.1. The summed E-state index contributed by atoms with van der Waals surface area (Å²) >= 11 is 5.32. The molecule has 0 atom stereocenters. The molecular weight excluding hydrogens is 418 g/mol. The van der Waals surface area contributed by atoms with Gasteiger partial charge in [-0.2, -0.15) is 0 Å². The lowest BCUT2D eigenvalue weighted by Gasteiger charge is -2.07. The third-order valence-electron chi connectivity index (χ3n) is 4.29. The van der Waals surface area contributed by atoms with Crippen molar-refractivity contribution < 1.29 is 0 Å². The van der Waals surface area contributed by atoms with Gasteiger partial charge in [-0.25, -0.2) is 9.97 Å². The van der Waals surface area contributed by atoms with Crippen molar-refractivity contribution >= 4 is 38.7 Å². The first-order valence-electron chi connectivity index (χ1n) is 8.93. The predicted molar refractivity (Wildman–Crippen MR) is 118 cm³/mol. The van der Waals surface area contributed by atoms with E-state index in [-0.39, 0.29) is 0 Å². The molecular formula is C22H20BrN3S. The van der Waals surface area contributed by atoms with Crippen LogP contribution in [-0.4, -0.2) is 20.3 Å². The highest BCUT2D eigenvalue weighted by atomic mass is 79.9. The molecule has 0 bridgehead atoms. The van der Waals surface area contributed by atoms with E-state index in [0.29, 0.717) is 5.92 Å². The van der Waals surface area contributed by atoms with Gasteiger partial charge in [-0.05, 0) is 35.7 Å². The smallest absolute Gasteiger partial charge is 0.149 e. The van der Waals surface area contributed by atoms with Gasteiger partial charge in [0.2, 0.25) is 0 Å². The molecule has 3 nitrogen and oxygen atoms in total. The third kappa shape index (κ3) is 3.80. The van der Waals surface area contributed by atoms with Crippen LogP contribution in [0.1, 0.15) is 13.8 Å². The van der Waals surface area contributed by atoms with Crippen LogP contribution in [0.25, 0.3) is 27.8 Å². The van der Waals surface area contributed by atoms with Gasteiger partial charge in [-0.3, -0.25) is 0 Å². The summed E-state index contributed by atoms with van der Waals surface area (Å²) < 4.78 is 3.22. The average molecular weight is 438 g/mol. The minimum atomic E-state index is 0.605. The summed E-state index contributed by atoms with van der Waals surface area (Å²) in [5.41, 5.74) is 4.38. The number of halogens is 1. The van der Waals surface area contributed by atoms with E-state index in [1.165, 1.54) is 11.1 Å². The fourth-order valence-corrected chi connectivity index (χ4v) is 4.25. The number of rotatable bonds is 5. The maximum atomic E-state index is 4.64. The molecule has 5 heteroatoms. The molecule has 2 heterocycles. The van der Waals surface area contributed by atoms with Gasteiger partial charge < -0.3 is 4.57 Å². The van der Waals surface area contributed by atoms with Crippen LogP contribution < -0.4 is 0 Å². The Morgan fingerprint density at radius 2 is 1.74 bits per heavy atom. The van der Waals surface area contributed by atoms with Crippen LogP contribution in [0.5, 0.6) is 0 Å². The van der Waals surface area contributed by atoms with Gasteiger partial charge in [-0.15, -0.1) is 11.8 Å². The molecule has 0 aliphatic carbocycles. The molecule has 0 N–H and O–H groups in total. The number of aromatic nitrogens is 3. The molecule has 27 heavy (non-hydrogen) atoms. The first-order chi connectivity index (χ1) is 13.1. The molecule has 4 rings (SSSR count). The molecule has 0 amide bonds. The van der Waals surface area contributed by atoms with E-state index in [1.807, 2.05) is 6.07 Å². The molecule has 0 aliphatic heterocycles. The molecule has 4 aromatic rings. The van der Waals surface area contributed by atoms with Crippen molar-refractivity contribution in [2.75, 3.05) is 5.75 Å². The van der Waals surface area contributed by atoms with Crippen molar-refractivity contribution in [2.24, 2.45) is 5.92 Å². The average Bonchev–Trinajstić information content (AvgIpc) is 3.08. The van der Waals surface area contributed by atoms with E-state index >= 15 is 0 Å². The number of nitrogens with zero attached hydrogens (tertiary/aromatic N) is 3. The number of hydrogen-bond acceptors (Lipinski definition) is 3. The van der Waals surface area contributed by atoms with Crippen molar-refractivity contribution in [3.05, 3.63) is 71.6 Å². The molecule has 136 valence electrons. The topological polar surface area (TPSA) is 30.7 Å². The van der Waals surface area contributed by atoms with Crippen LogP contribution >= 0.6 is 27.7 Å². The maximum absolute atomic E-state index is 4.64. The van der Waals surface area contributed by atoms with Crippen LogP contribution in [0.2, 0.25) is 0 Å². The van der Waals surface area contributed by atoms with Gasteiger partial charge in [0.05, 0.1) is 5.39 Å². The van der Waals surface area contributed by atoms with Crippen molar-refractivity contribution in [1.29, 1.82) is 0 Å². The zero-order chi connectivity index (χ0) is 18.8. The number of benzene rings is 2. The Balaban J connectivity index is 1.95. The van der Waals surface area contributed by atoms with E-state index in [0.717, 1.165) is 32.0 Å². The second-order valence-corrected chi connectivity index (χ2v) is 8.76. The summed E-state index contributed by atoms with van der Waals surface area (Å²) in [7, 11) is 0. The van der Waals surface area contributed by atoms with Crippen LogP contribution in [0.3, 0.4) is 0 Å². The van der Waals surface area contributed by atoms with E-state index in [2.05, 4.69) is 99.0 Å². The summed E-state index contributed by atoms with van der Waals surface area (Å²) in [4.78, 5) is 9.26. The number of thioether (sulfide) groups is 1. The van der Waals surface area contributed by atoms with Gasteiger partial charge in [-0.1, -0.05) is 60.1 Å². The first kappa shape index (κ1) is 18.3. The summed E-state index contributed by atoms with van der Waals surface area (Å²) in [6.07, 6.45) is 3.85. The first-order valence-corrected chi connectivity index (χ1v) is 10.7. The molecule has 0 spiro atoms. The standard InChI is InChI=1S/C22H20BrN3S/c1-15(2)13-27-22-20-19(16-6-4-3-5-7-16)12-26(21(20)24-14-25-22)18-10-8-17(23)9-11-18/h3-12,14-15H,13H2,1-2H3. The van der Waals surface area contributed by atoms with Crippen LogP contribution in [0.15, 0.2) is 76.6 Å². The minimum Gasteiger partial charge on any atom is -0.301 e. The van der Waals surface area contributed by atoms with Crippen LogP contribution in [0.4, 0.5) is 0 Å². The lowest BCUT2D eigenvalue weighted by molar-refractivity contribution is 0.749. The zero-order valence-electron chi connectivity index (χ0n) is 15.3. The molecule has 0 unspecified atom stereocenters. The second-order valence-electron chi connectivity index (χ2n) is 6.84. The van der Waals surface area contributed by atoms with Gasteiger partial charge in [0.15, 0.2) is 0 Å². The Hall–Kier alpha value is -2.11. The van der Waals surface area contributed by atoms with Crippen LogP contribution in [-0.2, 0) is 0 Å². The monoisotopic (exact) mass is 437 g/mol. The van der Waals surface area contributed by atoms with Gasteiger partial charge in [0, 0.05) is 27.7 Å². The van der Waals surface area contributed by atoms with E-state index < -0.39 is 0 Å². The highest BCUT2D eigenvalue weighted by Crippen LogP contribution is 2.37. The fraction of sp³-hybridized carbons (Fsp3) is 0.182. The molecule has 2 aromatic carbocycles. The largest absolute Gasteiger partial charge is 0.301 e. The van der Waals surface area contributed by atoms with Gasteiger partial charge >= 0.3 is 0 Å². The highest BCUT2D eigenvalue weighted by molar-refractivity contribution is 9.10. The Morgan fingerprint density at radius 3 is 2.44 bits per heavy atom. The molecule has 0 saturated carbocycles. The summed E-state index contributed by atoms with van der Waals surface area (Å²) in [5.74, 6) is 1.64. The van der Waals surface area contributed by atoms with E-state index in [1.54, 1.807) is 18.1 Å². The Labute approximate surface area is 172 Å². The fourth-order valence-electron chi connectivity index (χ4n) is 3.02. The predicted octanol–water partition coefficient (Wildman–Crippen LogP) is 6.60. The maximum Gasteiger partial charge on any atom is 0.149 e. The second kappa shape index (κ2) is 7.87. The van der Waals surface area contributed by atoms with Crippen molar-refractivity contribution in [3.8, 4) is 16.8 Å². The van der Waals surface area contributed by atoms with Crippen LogP contribution in [0, 0.1) is 5.92 Å². The SMILES string of the molecule is CC(C)CSc1ncnc2c1c(-c1ccccc1)cn2-c1ccc(Br)cc1. The molecule has 0 radical (unpaired) electrons.